The fourth-order valence-electron chi connectivity index (χ4n) is 2.08. The molecule has 7 heteroatoms. The lowest BCUT2D eigenvalue weighted by molar-refractivity contribution is -0.384. The van der Waals surface area contributed by atoms with Crippen LogP contribution in [0.5, 0.6) is 0 Å². The summed E-state index contributed by atoms with van der Waals surface area (Å²) in [7, 11) is 1.83. The molecule has 0 radical (unpaired) electrons. The molecule has 6 nitrogen and oxygen atoms in total. The smallest absolute Gasteiger partial charge is 0.269 e. The number of nitro benzene ring substituents is 1. The van der Waals surface area contributed by atoms with Crippen LogP contribution in [0.1, 0.15) is 6.42 Å². The highest BCUT2D eigenvalue weighted by molar-refractivity contribution is 8.00. The molecule has 0 aromatic heterocycles. The predicted octanol–water partition coefficient (Wildman–Crippen LogP) is 1.51. The fourth-order valence-corrected chi connectivity index (χ4v) is 2.91. The molecule has 0 aliphatic carbocycles. The number of nitrogens with one attached hydrogen (secondary N) is 1. The van der Waals surface area contributed by atoms with Gasteiger partial charge in [0.05, 0.1) is 10.7 Å². The number of amides is 1. The minimum absolute atomic E-state index is 0.0647. The third-order valence-electron chi connectivity index (χ3n) is 3.39. The van der Waals surface area contributed by atoms with E-state index >= 15 is 0 Å². The Hall–Kier alpha value is -1.60. The van der Waals surface area contributed by atoms with Gasteiger partial charge in [0, 0.05) is 36.7 Å². The van der Waals surface area contributed by atoms with Crippen LogP contribution >= 0.6 is 11.8 Å². The van der Waals surface area contributed by atoms with Gasteiger partial charge in [-0.2, -0.15) is 0 Å². The van der Waals surface area contributed by atoms with E-state index in [2.05, 4.69) is 5.32 Å². The van der Waals surface area contributed by atoms with E-state index in [9.17, 15) is 14.9 Å². The predicted molar refractivity (Wildman–Crippen MR) is 77.9 cm³/mol. The Morgan fingerprint density at radius 2 is 2.20 bits per heavy atom. The standard InChI is InChI=1S/C13H17N3O3S/c1-15(11-6-7-14-8-11)13(17)9-20-12-4-2-10(3-5-12)16(18)19/h2-5,11,14H,6-9H2,1H3. The third kappa shape index (κ3) is 3.71. The van der Waals surface area contributed by atoms with Crippen LogP contribution < -0.4 is 5.32 Å². The van der Waals surface area contributed by atoms with E-state index in [0.717, 1.165) is 24.4 Å². The van der Waals surface area contributed by atoms with Crippen molar-refractivity contribution in [2.45, 2.75) is 17.4 Å². The second-order valence-electron chi connectivity index (χ2n) is 4.69. The van der Waals surface area contributed by atoms with E-state index in [1.807, 2.05) is 7.05 Å². The first-order chi connectivity index (χ1) is 9.58. The summed E-state index contributed by atoms with van der Waals surface area (Å²) in [4.78, 5) is 24.8. The van der Waals surface area contributed by atoms with E-state index in [1.165, 1.54) is 23.9 Å². The molecule has 1 unspecified atom stereocenters. The van der Waals surface area contributed by atoms with Crippen molar-refractivity contribution in [3.8, 4) is 0 Å². The van der Waals surface area contributed by atoms with Gasteiger partial charge in [-0.3, -0.25) is 14.9 Å². The molecular weight excluding hydrogens is 278 g/mol. The Labute approximate surface area is 121 Å². The second kappa shape index (κ2) is 6.71. The van der Waals surface area contributed by atoms with Crippen molar-refractivity contribution in [1.29, 1.82) is 0 Å². The van der Waals surface area contributed by atoms with Gasteiger partial charge in [-0.25, -0.2) is 0 Å². The Morgan fingerprint density at radius 1 is 1.50 bits per heavy atom. The number of nitrogens with zero attached hydrogens (tertiary/aromatic N) is 2. The van der Waals surface area contributed by atoms with Crippen molar-refractivity contribution in [3.63, 3.8) is 0 Å². The summed E-state index contributed by atoms with van der Waals surface area (Å²) in [5, 5.41) is 13.8. The van der Waals surface area contributed by atoms with Gasteiger partial charge in [0.25, 0.3) is 5.69 Å². The summed E-state index contributed by atoms with van der Waals surface area (Å²) in [6.07, 6.45) is 0.991. The number of hydrogen-bond acceptors (Lipinski definition) is 5. The molecule has 1 aromatic rings. The highest BCUT2D eigenvalue weighted by Gasteiger charge is 2.22. The quantitative estimate of drug-likeness (QED) is 0.506. The van der Waals surface area contributed by atoms with Gasteiger partial charge in [0.1, 0.15) is 0 Å². The molecule has 1 amide bonds. The van der Waals surface area contributed by atoms with Crippen LogP contribution in [0.4, 0.5) is 5.69 Å². The number of carbonyl (C=O) groups is 1. The van der Waals surface area contributed by atoms with Crippen molar-refractivity contribution in [1.82, 2.24) is 10.2 Å². The summed E-state index contributed by atoms with van der Waals surface area (Å²) < 4.78 is 0. The molecule has 20 heavy (non-hydrogen) atoms. The van der Waals surface area contributed by atoms with E-state index in [1.54, 1.807) is 17.0 Å². The van der Waals surface area contributed by atoms with Gasteiger partial charge in [-0.15, -0.1) is 11.8 Å². The first kappa shape index (κ1) is 14.8. The lowest BCUT2D eigenvalue weighted by atomic mass is 10.2. The maximum atomic E-state index is 12.0. The lowest BCUT2D eigenvalue weighted by Gasteiger charge is -2.23. The Bertz CT molecular complexity index is 486. The van der Waals surface area contributed by atoms with Crippen LogP contribution in [0, 0.1) is 10.1 Å². The number of nitro groups is 1. The van der Waals surface area contributed by atoms with Crippen LogP contribution in [0.15, 0.2) is 29.2 Å². The van der Waals surface area contributed by atoms with Crippen LogP contribution in [-0.4, -0.2) is 47.7 Å². The van der Waals surface area contributed by atoms with Crippen molar-refractivity contribution in [3.05, 3.63) is 34.4 Å². The lowest BCUT2D eigenvalue weighted by Crippen LogP contribution is -2.39. The SMILES string of the molecule is CN(C(=O)CSc1ccc([N+](=O)[O-])cc1)C1CCNC1. The number of hydrogen-bond donors (Lipinski definition) is 1. The maximum Gasteiger partial charge on any atom is 0.269 e. The zero-order valence-electron chi connectivity index (χ0n) is 11.2. The van der Waals surface area contributed by atoms with Gasteiger partial charge < -0.3 is 10.2 Å². The number of benzene rings is 1. The first-order valence-corrected chi connectivity index (χ1v) is 7.40. The maximum absolute atomic E-state index is 12.0. The number of rotatable bonds is 5. The topological polar surface area (TPSA) is 75.5 Å². The highest BCUT2D eigenvalue weighted by Crippen LogP contribution is 2.22. The molecule has 1 fully saturated rings. The number of non-ortho nitro benzene ring substituents is 1. The Morgan fingerprint density at radius 3 is 2.75 bits per heavy atom. The summed E-state index contributed by atoms with van der Waals surface area (Å²) >= 11 is 1.40. The van der Waals surface area contributed by atoms with Crippen molar-refractivity contribution < 1.29 is 9.72 Å². The number of thioether (sulfide) groups is 1. The van der Waals surface area contributed by atoms with Crippen LogP contribution in [0.25, 0.3) is 0 Å². The first-order valence-electron chi connectivity index (χ1n) is 6.41. The number of likely N-dealkylation sites (N-methyl/N-ethyl adjacent to an activating group) is 1. The molecule has 108 valence electrons. The molecule has 1 aromatic carbocycles. The van der Waals surface area contributed by atoms with E-state index in [-0.39, 0.29) is 17.6 Å². The molecule has 1 heterocycles. The van der Waals surface area contributed by atoms with E-state index < -0.39 is 4.92 Å². The minimum atomic E-state index is -0.430. The van der Waals surface area contributed by atoms with Gasteiger partial charge in [-0.05, 0) is 25.1 Å². The monoisotopic (exact) mass is 295 g/mol. The largest absolute Gasteiger partial charge is 0.341 e. The van der Waals surface area contributed by atoms with Crippen LogP contribution in [0.3, 0.4) is 0 Å². The number of carbonyl (C=O) groups excluding carboxylic acids is 1. The Kier molecular flexibility index (Phi) is 4.97. The minimum Gasteiger partial charge on any atom is -0.341 e. The molecule has 0 bridgehead atoms. The molecule has 1 atom stereocenters. The average Bonchev–Trinajstić information content (AvgIpc) is 2.98. The Balaban J connectivity index is 1.84. The molecule has 1 aliphatic rings. The zero-order valence-corrected chi connectivity index (χ0v) is 12.1. The van der Waals surface area contributed by atoms with E-state index in [0.29, 0.717) is 5.75 Å². The van der Waals surface area contributed by atoms with Gasteiger partial charge in [0.15, 0.2) is 0 Å². The summed E-state index contributed by atoms with van der Waals surface area (Å²) in [6.45, 7) is 1.81. The molecular formula is C13H17N3O3S. The average molecular weight is 295 g/mol. The molecule has 1 N–H and O–H groups in total. The summed E-state index contributed by atoms with van der Waals surface area (Å²) in [6, 6.07) is 6.54. The third-order valence-corrected chi connectivity index (χ3v) is 4.38. The van der Waals surface area contributed by atoms with Gasteiger partial charge >= 0.3 is 0 Å². The molecule has 1 aliphatic heterocycles. The molecule has 0 spiro atoms. The van der Waals surface area contributed by atoms with Gasteiger partial charge in [-0.1, -0.05) is 0 Å². The van der Waals surface area contributed by atoms with Crippen molar-refractivity contribution in [2.75, 3.05) is 25.9 Å². The highest BCUT2D eigenvalue weighted by atomic mass is 32.2. The molecule has 2 rings (SSSR count). The molecule has 0 saturated carbocycles. The van der Waals surface area contributed by atoms with Crippen LogP contribution in [0.2, 0.25) is 0 Å². The normalized spacial score (nSPS) is 17.9. The zero-order chi connectivity index (χ0) is 14.5. The van der Waals surface area contributed by atoms with Gasteiger partial charge in [0.2, 0.25) is 5.91 Å². The van der Waals surface area contributed by atoms with Crippen LogP contribution in [-0.2, 0) is 4.79 Å². The second-order valence-corrected chi connectivity index (χ2v) is 5.74. The summed E-state index contributed by atoms with van der Waals surface area (Å²) in [5.41, 5.74) is 0.0647. The fraction of sp³-hybridized carbons (Fsp3) is 0.462. The summed E-state index contributed by atoms with van der Waals surface area (Å²) in [5.74, 6) is 0.437. The van der Waals surface area contributed by atoms with Crippen molar-refractivity contribution in [2.24, 2.45) is 0 Å². The molecule has 1 saturated heterocycles. The van der Waals surface area contributed by atoms with Crippen molar-refractivity contribution >= 4 is 23.4 Å². The van der Waals surface area contributed by atoms with E-state index in [4.69, 9.17) is 0 Å².